The van der Waals surface area contributed by atoms with E-state index in [1.807, 2.05) is 50.6 Å². The van der Waals surface area contributed by atoms with E-state index in [4.69, 9.17) is 27.9 Å². The van der Waals surface area contributed by atoms with Gasteiger partial charge in [0.2, 0.25) is 5.91 Å². The van der Waals surface area contributed by atoms with Crippen molar-refractivity contribution in [2.24, 2.45) is 7.05 Å². The third kappa shape index (κ3) is 5.28. The zero-order valence-corrected chi connectivity index (χ0v) is 19.4. The minimum absolute atomic E-state index is 0.154. The predicted molar refractivity (Wildman–Crippen MR) is 122 cm³/mol. The zero-order valence-electron chi connectivity index (χ0n) is 17.1. The van der Waals surface area contributed by atoms with Gasteiger partial charge in [0.05, 0.1) is 16.5 Å². The number of rotatable bonds is 7. The molecule has 0 radical (unpaired) electrons. The first-order valence-corrected chi connectivity index (χ1v) is 11.0. The van der Waals surface area contributed by atoms with Crippen LogP contribution in [0.2, 0.25) is 10.0 Å². The minimum atomic E-state index is -0.295. The van der Waals surface area contributed by atoms with Gasteiger partial charge in [-0.15, -0.1) is 10.2 Å². The normalized spacial score (nSPS) is 11.9. The summed E-state index contributed by atoms with van der Waals surface area (Å²) in [5, 5.41) is 12.7. The lowest BCUT2D eigenvalue weighted by atomic mass is 10.1. The number of nitrogens with one attached hydrogen (secondary N) is 1. The first kappa shape index (κ1) is 22.5. The Bertz CT molecular complexity index is 1070. The van der Waals surface area contributed by atoms with E-state index in [2.05, 4.69) is 15.5 Å². The summed E-state index contributed by atoms with van der Waals surface area (Å²) in [4.78, 5) is 12.3. The lowest BCUT2D eigenvalue weighted by Crippen LogP contribution is -2.15. The van der Waals surface area contributed by atoms with Crippen molar-refractivity contribution in [1.29, 1.82) is 0 Å². The Morgan fingerprint density at radius 3 is 2.77 bits per heavy atom. The summed E-state index contributed by atoms with van der Waals surface area (Å²) in [6, 6.07) is 10.9. The third-order valence-corrected chi connectivity index (χ3v) is 6.21. The molecule has 0 saturated heterocycles. The molecule has 1 unspecified atom stereocenters. The van der Waals surface area contributed by atoms with Crippen LogP contribution in [0.3, 0.4) is 0 Å². The quantitative estimate of drug-likeness (QED) is 0.460. The average Bonchev–Trinajstić information content (AvgIpc) is 3.07. The number of halogens is 2. The van der Waals surface area contributed by atoms with Gasteiger partial charge in [-0.05, 0) is 56.2 Å². The van der Waals surface area contributed by atoms with Gasteiger partial charge in [-0.2, -0.15) is 0 Å². The summed E-state index contributed by atoms with van der Waals surface area (Å²) in [6.07, 6.45) is -0.295. The van der Waals surface area contributed by atoms with E-state index in [1.54, 1.807) is 18.2 Å². The molecule has 6 nitrogen and oxygen atoms in total. The number of thioether (sulfide) groups is 1. The molecule has 3 rings (SSSR count). The van der Waals surface area contributed by atoms with Crippen molar-refractivity contribution in [3.05, 3.63) is 63.4 Å². The van der Waals surface area contributed by atoms with Gasteiger partial charge in [0.15, 0.2) is 17.1 Å². The van der Waals surface area contributed by atoms with Crippen LogP contribution in [-0.2, 0) is 11.8 Å². The molecule has 0 fully saturated rings. The van der Waals surface area contributed by atoms with Crippen LogP contribution < -0.4 is 10.1 Å². The summed E-state index contributed by atoms with van der Waals surface area (Å²) >= 11 is 13.3. The molecular formula is C21H22Cl2N4O2S. The molecule has 2 aromatic carbocycles. The van der Waals surface area contributed by atoms with Gasteiger partial charge < -0.3 is 14.6 Å². The van der Waals surface area contributed by atoms with E-state index in [0.717, 1.165) is 11.3 Å². The minimum Gasteiger partial charge on any atom is -0.482 e. The van der Waals surface area contributed by atoms with Gasteiger partial charge in [0.1, 0.15) is 5.75 Å². The van der Waals surface area contributed by atoms with E-state index in [-0.39, 0.29) is 17.8 Å². The molecule has 0 aliphatic heterocycles. The molecule has 3 aromatic rings. The fraction of sp³-hybridized carbons (Fsp3) is 0.286. The van der Waals surface area contributed by atoms with E-state index >= 15 is 0 Å². The molecule has 0 saturated carbocycles. The molecule has 9 heteroatoms. The van der Waals surface area contributed by atoms with Crippen molar-refractivity contribution >= 4 is 46.6 Å². The summed E-state index contributed by atoms with van der Waals surface area (Å²) in [6.45, 7) is 6.00. The summed E-state index contributed by atoms with van der Waals surface area (Å²) in [7, 11) is 1.85. The third-order valence-electron chi connectivity index (χ3n) is 4.63. The molecule has 1 N–H and O–H groups in total. The Labute approximate surface area is 189 Å². The molecular weight excluding hydrogens is 443 g/mol. The fourth-order valence-corrected chi connectivity index (χ4v) is 3.87. The highest BCUT2D eigenvalue weighted by Gasteiger charge is 2.19. The molecule has 0 spiro atoms. The van der Waals surface area contributed by atoms with Crippen molar-refractivity contribution in [1.82, 2.24) is 14.8 Å². The Morgan fingerprint density at radius 2 is 2.00 bits per heavy atom. The molecule has 0 bridgehead atoms. The zero-order chi connectivity index (χ0) is 21.8. The standard InChI is InChI=1S/C21H22Cl2N4O2S/c1-12-6-5-7-18(13(12)2)29-14(3)20-25-26-21(27(20)4)30-11-19(28)24-17-10-15(22)8-9-16(17)23/h5-10,14H,11H2,1-4H3,(H,24,28). The van der Waals surface area contributed by atoms with E-state index in [1.165, 1.54) is 17.3 Å². The Balaban J connectivity index is 1.62. The van der Waals surface area contributed by atoms with Gasteiger partial charge in [-0.25, -0.2) is 0 Å². The van der Waals surface area contributed by atoms with E-state index in [0.29, 0.717) is 26.7 Å². The van der Waals surface area contributed by atoms with Crippen LogP contribution in [0.1, 0.15) is 30.0 Å². The number of aryl methyl sites for hydroxylation is 1. The summed E-state index contributed by atoms with van der Waals surface area (Å²) in [5.41, 5.74) is 2.74. The number of amides is 1. The smallest absolute Gasteiger partial charge is 0.234 e. The van der Waals surface area contributed by atoms with Crippen LogP contribution >= 0.6 is 35.0 Å². The van der Waals surface area contributed by atoms with Gasteiger partial charge in [0.25, 0.3) is 0 Å². The van der Waals surface area contributed by atoms with Gasteiger partial charge in [0, 0.05) is 12.1 Å². The molecule has 1 heterocycles. The average molecular weight is 465 g/mol. The van der Waals surface area contributed by atoms with E-state index in [9.17, 15) is 4.79 Å². The molecule has 0 aliphatic rings. The maximum Gasteiger partial charge on any atom is 0.234 e. The van der Waals surface area contributed by atoms with Crippen molar-refractivity contribution in [3.8, 4) is 5.75 Å². The number of hydrogen-bond donors (Lipinski definition) is 1. The van der Waals surface area contributed by atoms with Crippen molar-refractivity contribution in [2.75, 3.05) is 11.1 Å². The highest BCUT2D eigenvalue weighted by molar-refractivity contribution is 7.99. The number of benzene rings is 2. The second-order valence-corrected chi connectivity index (χ2v) is 8.61. The van der Waals surface area contributed by atoms with Crippen LogP contribution in [0.5, 0.6) is 5.75 Å². The second-order valence-electron chi connectivity index (χ2n) is 6.82. The topological polar surface area (TPSA) is 69.0 Å². The number of carbonyl (C=O) groups is 1. The first-order chi connectivity index (χ1) is 14.3. The van der Waals surface area contributed by atoms with Gasteiger partial charge >= 0.3 is 0 Å². The van der Waals surface area contributed by atoms with Crippen LogP contribution in [0.15, 0.2) is 41.6 Å². The number of ether oxygens (including phenoxy) is 1. The van der Waals surface area contributed by atoms with Crippen LogP contribution in [0.25, 0.3) is 0 Å². The van der Waals surface area contributed by atoms with Gasteiger partial charge in [-0.1, -0.05) is 47.1 Å². The highest BCUT2D eigenvalue weighted by atomic mass is 35.5. The van der Waals surface area contributed by atoms with E-state index < -0.39 is 0 Å². The SMILES string of the molecule is Cc1cccc(OC(C)c2nnc(SCC(=O)Nc3cc(Cl)ccc3Cl)n2C)c1C. The molecule has 1 atom stereocenters. The maximum atomic E-state index is 12.3. The van der Waals surface area contributed by atoms with Crippen LogP contribution in [0, 0.1) is 13.8 Å². The van der Waals surface area contributed by atoms with Crippen LogP contribution in [-0.4, -0.2) is 26.4 Å². The molecule has 0 aliphatic carbocycles. The Kier molecular flexibility index (Phi) is 7.28. The Hall–Kier alpha value is -2.22. The second kappa shape index (κ2) is 9.73. The number of hydrogen-bond acceptors (Lipinski definition) is 5. The number of aromatic nitrogens is 3. The largest absolute Gasteiger partial charge is 0.482 e. The predicted octanol–water partition coefficient (Wildman–Crippen LogP) is 5.61. The monoisotopic (exact) mass is 464 g/mol. The molecule has 1 amide bonds. The summed E-state index contributed by atoms with van der Waals surface area (Å²) < 4.78 is 7.93. The number of carbonyl (C=O) groups excluding carboxylic acids is 1. The number of anilines is 1. The van der Waals surface area contributed by atoms with Crippen LogP contribution in [0.4, 0.5) is 5.69 Å². The molecule has 30 heavy (non-hydrogen) atoms. The Morgan fingerprint density at radius 1 is 1.23 bits per heavy atom. The lowest BCUT2D eigenvalue weighted by molar-refractivity contribution is -0.113. The van der Waals surface area contributed by atoms with Crippen molar-refractivity contribution < 1.29 is 9.53 Å². The van der Waals surface area contributed by atoms with Crippen molar-refractivity contribution in [3.63, 3.8) is 0 Å². The van der Waals surface area contributed by atoms with Crippen molar-refractivity contribution in [2.45, 2.75) is 32.0 Å². The maximum absolute atomic E-state index is 12.3. The van der Waals surface area contributed by atoms with Gasteiger partial charge in [-0.3, -0.25) is 4.79 Å². The summed E-state index contributed by atoms with van der Waals surface area (Å²) in [5.74, 6) is 1.43. The highest BCUT2D eigenvalue weighted by Crippen LogP contribution is 2.28. The fourth-order valence-electron chi connectivity index (χ4n) is 2.81. The lowest BCUT2D eigenvalue weighted by Gasteiger charge is -2.16. The first-order valence-electron chi connectivity index (χ1n) is 9.26. The number of nitrogens with zero attached hydrogens (tertiary/aromatic N) is 3. The molecule has 158 valence electrons. The molecule has 1 aromatic heterocycles.